The van der Waals surface area contributed by atoms with E-state index in [0.29, 0.717) is 29.0 Å². The summed E-state index contributed by atoms with van der Waals surface area (Å²) >= 11 is 0. The molecule has 0 aliphatic heterocycles. The van der Waals surface area contributed by atoms with Crippen molar-refractivity contribution in [3.63, 3.8) is 0 Å². The van der Waals surface area contributed by atoms with Gasteiger partial charge in [0.2, 0.25) is 5.95 Å². The van der Waals surface area contributed by atoms with Crippen molar-refractivity contribution in [2.75, 3.05) is 12.3 Å². The molecular formula is C11H12N4O2. The summed E-state index contributed by atoms with van der Waals surface area (Å²) in [6, 6.07) is 1.63. The number of nitrogens with one attached hydrogen (secondary N) is 1. The van der Waals surface area contributed by atoms with Crippen molar-refractivity contribution < 1.29 is 4.74 Å². The monoisotopic (exact) mass is 232 g/mol. The lowest BCUT2D eigenvalue weighted by Gasteiger charge is -2.06. The highest BCUT2D eigenvalue weighted by molar-refractivity contribution is 5.78. The van der Waals surface area contributed by atoms with Crippen molar-refractivity contribution >= 4 is 22.7 Å². The van der Waals surface area contributed by atoms with Crippen LogP contribution >= 0.6 is 0 Å². The SMILES string of the molecule is C=C(OCC)c1cc2cnc(N)nc2[nH]c1=O. The van der Waals surface area contributed by atoms with E-state index in [-0.39, 0.29) is 11.5 Å². The minimum atomic E-state index is -0.311. The molecule has 2 rings (SSSR count). The molecule has 0 aliphatic carbocycles. The number of anilines is 1. The van der Waals surface area contributed by atoms with E-state index in [2.05, 4.69) is 21.5 Å². The molecule has 88 valence electrons. The van der Waals surface area contributed by atoms with Crippen LogP contribution in [0, 0.1) is 0 Å². The number of hydrogen-bond acceptors (Lipinski definition) is 5. The molecule has 0 fully saturated rings. The lowest BCUT2D eigenvalue weighted by molar-refractivity contribution is 0.299. The number of nitrogens with two attached hydrogens (primary N) is 1. The molecule has 2 aromatic heterocycles. The molecule has 0 aromatic carbocycles. The topological polar surface area (TPSA) is 93.9 Å². The average Bonchev–Trinajstić information content (AvgIpc) is 2.28. The van der Waals surface area contributed by atoms with E-state index >= 15 is 0 Å². The minimum Gasteiger partial charge on any atom is -0.494 e. The van der Waals surface area contributed by atoms with Gasteiger partial charge in [-0.15, -0.1) is 0 Å². The Hall–Kier alpha value is -2.37. The van der Waals surface area contributed by atoms with Crippen molar-refractivity contribution in [3.8, 4) is 0 Å². The van der Waals surface area contributed by atoms with E-state index in [1.54, 1.807) is 6.07 Å². The van der Waals surface area contributed by atoms with Crippen LogP contribution in [0.25, 0.3) is 16.8 Å². The highest BCUT2D eigenvalue weighted by Gasteiger charge is 2.08. The molecule has 0 aliphatic rings. The molecule has 0 saturated carbocycles. The Morgan fingerprint density at radius 3 is 3.12 bits per heavy atom. The first-order valence-corrected chi connectivity index (χ1v) is 5.09. The van der Waals surface area contributed by atoms with Crippen LogP contribution in [-0.2, 0) is 4.74 Å². The first kappa shape index (κ1) is 11.1. The van der Waals surface area contributed by atoms with Gasteiger partial charge in [-0.1, -0.05) is 6.58 Å². The number of pyridine rings is 1. The van der Waals surface area contributed by atoms with E-state index in [0.717, 1.165) is 0 Å². The Bertz CT molecular complexity index is 633. The number of hydrogen-bond donors (Lipinski definition) is 2. The third-order valence-corrected chi connectivity index (χ3v) is 2.23. The van der Waals surface area contributed by atoms with Gasteiger partial charge in [-0.3, -0.25) is 4.79 Å². The summed E-state index contributed by atoms with van der Waals surface area (Å²) in [6.07, 6.45) is 1.54. The minimum absolute atomic E-state index is 0.115. The van der Waals surface area contributed by atoms with E-state index < -0.39 is 0 Å². The molecule has 2 aromatic rings. The predicted octanol–water partition coefficient (Wildman–Crippen LogP) is 0.907. The Balaban J connectivity index is 2.60. The summed E-state index contributed by atoms with van der Waals surface area (Å²) in [4.78, 5) is 22.2. The zero-order valence-corrected chi connectivity index (χ0v) is 9.36. The Morgan fingerprint density at radius 1 is 1.65 bits per heavy atom. The Kier molecular flexibility index (Phi) is 2.78. The van der Waals surface area contributed by atoms with Crippen LogP contribution in [0.15, 0.2) is 23.6 Å². The van der Waals surface area contributed by atoms with E-state index in [4.69, 9.17) is 10.5 Å². The Morgan fingerprint density at radius 2 is 2.41 bits per heavy atom. The number of ether oxygens (including phenoxy) is 1. The van der Waals surface area contributed by atoms with E-state index in [1.807, 2.05) is 6.92 Å². The third-order valence-electron chi connectivity index (χ3n) is 2.23. The smallest absolute Gasteiger partial charge is 0.260 e. The lowest BCUT2D eigenvalue weighted by atomic mass is 10.2. The second-order valence-electron chi connectivity index (χ2n) is 3.40. The molecule has 6 nitrogen and oxygen atoms in total. The fourth-order valence-corrected chi connectivity index (χ4v) is 1.47. The van der Waals surface area contributed by atoms with Gasteiger partial charge >= 0.3 is 0 Å². The standard InChI is InChI=1S/C11H12N4O2/c1-3-17-6(2)8-4-7-5-13-11(12)15-9(7)14-10(8)16/h4-5H,2-3H2,1H3,(H3,12,13,14,15,16). The quantitative estimate of drug-likeness (QED) is 0.767. The first-order chi connectivity index (χ1) is 8.11. The summed E-state index contributed by atoms with van der Waals surface area (Å²) in [6.45, 7) is 5.97. The third kappa shape index (κ3) is 2.10. The molecule has 0 amide bonds. The highest BCUT2D eigenvalue weighted by Crippen LogP contribution is 2.14. The number of fused-ring (bicyclic) bond motifs is 1. The van der Waals surface area contributed by atoms with Crippen molar-refractivity contribution in [2.24, 2.45) is 0 Å². The van der Waals surface area contributed by atoms with Crippen LogP contribution in [0.1, 0.15) is 12.5 Å². The molecule has 0 radical (unpaired) electrons. The van der Waals surface area contributed by atoms with Gasteiger partial charge in [0.05, 0.1) is 12.2 Å². The molecular weight excluding hydrogens is 220 g/mol. The van der Waals surface area contributed by atoms with Gasteiger partial charge in [0.15, 0.2) is 0 Å². The zero-order valence-electron chi connectivity index (χ0n) is 9.36. The fourth-order valence-electron chi connectivity index (χ4n) is 1.47. The van der Waals surface area contributed by atoms with Gasteiger partial charge < -0.3 is 15.5 Å². The summed E-state index contributed by atoms with van der Waals surface area (Å²) in [7, 11) is 0. The summed E-state index contributed by atoms with van der Waals surface area (Å²) in [5.74, 6) is 0.442. The zero-order chi connectivity index (χ0) is 12.4. The highest BCUT2D eigenvalue weighted by atomic mass is 16.5. The molecule has 3 N–H and O–H groups in total. The molecule has 0 unspecified atom stereocenters. The van der Waals surface area contributed by atoms with Crippen LogP contribution in [0.2, 0.25) is 0 Å². The van der Waals surface area contributed by atoms with Gasteiger partial charge in [-0.25, -0.2) is 4.98 Å². The van der Waals surface area contributed by atoms with Crippen LogP contribution in [0.3, 0.4) is 0 Å². The van der Waals surface area contributed by atoms with E-state index in [9.17, 15) is 4.79 Å². The van der Waals surface area contributed by atoms with Gasteiger partial charge in [0, 0.05) is 11.6 Å². The number of rotatable bonds is 3. The fraction of sp³-hybridized carbons (Fsp3) is 0.182. The number of aromatic nitrogens is 3. The molecule has 0 saturated heterocycles. The molecule has 17 heavy (non-hydrogen) atoms. The summed E-state index contributed by atoms with van der Waals surface area (Å²) < 4.78 is 5.20. The van der Waals surface area contributed by atoms with Gasteiger partial charge in [-0.05, 0) is 13.0 Å². The summed E-state index contributed by atoms with van der Waals surface area (Å²) in [5, 5.41) is 0.676. The van der Waals surface area contributed by atoms with Crippen molar-refractivity contribution in [2.45, 2.75) is 6.92 Å². The Labute approximate surface area is 97.2 Å². The number of nitrogens with zero attached hydrogens (tertiary/aromatic N) is 2. The number of H-pyrrole nitrogens is 1. The van der Waals surface area contributed by atoms with Crippen molar-refractivity contribution in [1.29, 1.82) is 0 Å². The molecule has 6 heteroatoms. The first-order valence-electron chi connectivity index (χ1n) is 5.09. The maximum absolute atomic E-state index is 11.8. The number of aromatic amines is 1. The molecule has 0 atom stereocenters. The van der Waals surface area contributed by atoms with Crippen LogP contribution in [0.5, 0.6) is 0 Å². The van der Waals surface area contributed by atoms with E-state index in [1.165, 1.54) is 6.20 Å². The van der Waals surface area contributed by atoms with Gasteiger partial charge in [0.1, 0.15) is 11.4 Å². The van der Waals surface area contributed by atoms with Gasteiger partial charge in [-0.2, -0.15) is 4.98 Å². The summed E-state index contributed by atoms with van der Waals surface area (Å²) in [5.41, 5.74) is 5.89. The largest absolute Gasteiger partial charge is 0.494 e. The molecule has 0 bridgehead atoms. The van der Waals surface area contributed by atoms with Crippen molar-refractivity contribution in [1.82, 2.24) is 15.0 Å². The average molecular weight is 232 g/mol. The van der Waals surface area contributed by atoms with Crippen LogP contribution < -0.4 is 11.3 Å². The maximum Gasteiger partial charge on any atom is 0.260 e. The normalized spacial score (nSPS) is 10.4. The van der Waals surface area contributed by atoms with Crippen LogP contribution in [0.4, 0.5) is 5.95 Å². The molecule has 2 heterocycles. The van der Waals surface area contributed by atoms with Gasteiger partial charge in [0.25, 0.3) is 5.56 Å². The predicted molar refractivity (Wildman–Crippen MR) is 65.2 cm³/mol. The second kappa shape index (κ2) is 4.25. The second-order valence-corrected chi connectivity index (χ2v) is 3.40. The lowest BCUT2D eigenvalue weighted by Crippen LogP contribution is -2.13. The van der Waals surface area contributed by atoms with Crippen LogP contribution in [-0.4, -0.2) is 21.6 Å². The maximum atomic E-state index is 11.8. The molecule has 0 spiro atoms. The number of nitrogen functional groups attached to an aromatic ring is 1. The van der Waals surface area contributed by atoms with Crippen molar-refractivity contribution in [3.05, 3.63) is 34.8 Å².